The zero-order valence-electron chi connectivity index (χ0n) is 5.42. The number of hydrogen-bond acceptors (Lipinski definition) is 0. The van der Waals surface area contributed by atoms with Crippen LogP contribution in [-0.2, 0) is 15.0 Å². The fourth-order valence-corrected chi connectivity index (χ4v) is 1.03. The van der Waals surface area contributed by atoms with Gasteiger partial charge in [-0.1, -0.05) is 0 Å². The second-order valence-electron chi connectivity index (χ2n) is 1.44. The van der Waals surface area contributed by atoms with Crippen molar-refractivity contribution < 1.29 is 15.0 Å². The fourth-order valence-electron chi connectivity index (χ4n) is 0.251. The molecule has 0 heterocycles. The SMILES string of the molecule is CC#[C][Cu][CH2]CCC. The van der Waals surface area contributed by atoms with E-state index in [9.17, 15) is 0 Å². The Kier molecular flexibility index (Phi) is 7.15. The van der Waals surface area contributed by atoms with Crippen LogP contribution in [-0.4, -0.2) is 0 Å². The molecule has 0 atom stereocenters. The molecule has 0 aromatic carbocycles. The van der Waals surface area contributed by atoms with Gasteiger partial charge in [-0.2, -0.15) is 0 Å². The van der Waals surface area contributed by atoms with Gasteiger partial charge in [0.15, 0.2) is 0 Å². The summed E-state index contributed by atoms with van der Waals surface area (Å²) in [5, 5.41) is 1.18. The topological polar surface area (TPSA) is 0 Å². The van der Waals surface area contributed by atoms with Crippen LogP contribution in [0.2, 0.25) is 5.32 Å². The molecule has 0 fully saturated rings. The summed E-state index contributed by atoms with van der Waals surface area (Å²) < 4.78 is 0. The summed E-state index contributed by atoms with van der Waals surface area (Å²) in [7, 11) is 0. The van der Waals surface area contributed by atoms with Gasteiger partial charge in [0.1, 0.15) is 0 Å². The van der Waals surface area contributed by atoms with Gasteiger partial charge in [0, 0.05) is 0 Å². The van der Waals surface area contributed by atoms with Crippen LogP contribution in [0.3, 0.4) is 0 Å². The standard InChI is InChI=1S/C4H9.C3H3.Cu/c1-3-4-2;1-3-2;/h1,3-4H2,2H3;1H3;. The van der Waals surface area contributed by atoms with E-state index in [0.29, 0.717) is 0 Å². The van der Waals surface area contributed by atoms with E-state index in [0.717, 1.165) is 0 Å². The first-order chi connectivity index (χ1) is 3.91. The summed E-state index contributed by atoms with van der Waals surface area (Å²) in [4.78, 5) is 2.94. The van der Waals surface area contributed by atoms with E-state index in [1.807, 2.05) is 6.92 Å². The average molecular weight is 160 g/mol. The van der Waals surface area contributed by atoms with Gasteiger partial charge in [0.05, 0.1) is 0 Å². The Morgan fingerprint density at radius 2 is 2.25 bits per heavy atom. The molecule has 51 valence electrons. The van der Waals surface area contributed by atoms with Crippen LogP contribution in [0.4, 0.5) is 0 Å². The van der Waals surface area contributed by atoms with E-state index in [1.54, 1.807) is 15.0 Å². The molecule has 0 spiro atoms. The first-order valence-electron chi connectivity index (χ1n) is 2.82. The molecule has 0 aliphatic heterocycles. The molecule has 8 heavy (non-hydrogen) atoms. The molecule has 0 saturated heterocycles. The van der Waals surface area contributed by atoms with Crippen molar-refractivity contribution in [3.8, 4) is 10.7 Å². The second-order valence-corrected chi connectivity index (χ2v) is 2.48. The monoisotopic (exact) mass is 159 g/mol. The van der Waals surface area contributed by atoms with Crippen LogP contribution >= 0.6 is 0 Å². The molecule has 0 aromatic rings. The molecule has 0 nitrogen and oxygen atoms in total. The minimum atomic E-state index is 1.18. The summed E-state index contributed by atoms with van der Waals surface area (Å²) in [6.07, 6.45) is 2.56. The first-order valence-corrected chi connectivity index (χ1v) is 3.96. The van der Waals surface area contributed by atoms with Gasteiger partial charge in [-0.05, 0) is 0 Å². The molecule has 0 unspecified atom stereocenters. The fraction of sp³-hybridized carbons (Fsp3) is 0.714. The van der Waals surface area contributed by atoms with Crippen molar-refractivity contribution in [2.24, 2.45) is 0 Å². The summed E-state index contributed by atoms with van der Waals surface area (Å²) in [6.45, 7) is 4.06. The molecular formula is C7H12Cu. The van der Waals surface area contributed by atoms with Gasteiger partial charge in [-0.3, -0.25) is 0 Å². The second kappa shape index (κ2) is 7.08. The van der Waals surface area contributed by atoms with E-state index in [2.05, 4.69) is 17.7 Å². The van der Waals surface area contributed by atoms with Gasteiger partial charge in [-0.25, -0.2) is 0 Å². The Morgan fingerprint density at radius 3 is 2.75 bits per heavy atom. The van der Waals surface area contributed by atoms with Crippen LogP contribution in [0.1, 0.15) is 26.7 Å². The van der Waals surface area contributed by atoms with Crippen molar-refractivity contribution in [3.63, 3.8) is 0 Å². The third-order valence-corrected chi connectivity index (χ3v) is 1.63. The van der Waals surface area contributed by atoms with Crippen molar-refractivity contribution >= 4 is 0 Å². The first kappa shape index (κ1) is 8.08. The number of rotatable bonds is 3. The van der Waals surface area contributed by atoms with Crippen molar-refractivity contribution in [2.45, 2.75) is 32.0 Å². The van der Waals surface area contributed by atoms with Crippen molar-refractivity contribution in [1.82, 2.24) is 0 Å². The van der Waals surface area contributed by atoms with Crippen molar-refractivity contribution in [3.05, 3.63) is 0 Å². The molecule has 0 aliphatic rings. The van der Waals surface area contributed by atoms with E-state index >= 15 is 0 Å². The Morgan fingerprint density at radius 1 is 1.50 bits per heavy atom. The molecule has 0 rings (SSSR count). The van der Waals surface area contributed by atoms with Gasteiger partial charge in [0.25, 0.3) is 0 Å². The molecular weight excluding hydrogens is 148 g/mol. The van der Waals surface area contributed by atoms with Crippen LogP contribution in [0, 0.1) is 10.7 Å². The summed E-state index contributed by atoms with van der Waals surface area (Å²) >= 11 is 1.80. The normalized spacial score (nSPS) is 8.25. The Labute approximate surface area is 58.2 Å². The summed E-state index contributed by atoms with van der Waals surface area (Å²) in [5.74, 6) is 2.83. The molecule has 0 aliphatic carbocycles. The van der Waals surface area contributed by atoms with Crippen LogP contribution in [0.25, 0.3) is 0 Å². The van der Waals surface area contributed by atoms with Crippen LogP contribution in [0.5, 0.6) is 0 Å². The van der Waals surface area contributed by atoms with Gasteiger partial charge in [0.2, 0.25) is 0 Å². The quantitative estimate of drug-likeness (QED) is 0.337. The summed E-state index contributed by atoms with van der Waals surface area (Å²) in [5.41, 5.74) is 0. The van der Waals surface area contributed by atoms with E-state index in [4.69, 9.17) is 0 Å². The third-order valence-electron chi connectivity index (χ3n) is 0.664. The van der Waals surface area contributed by atoms with Crippen molar-refractivity contribution in [2.75, 3.05) is 0 Å². The predicted molar refractivity (Wildman–Crippen MR) is 33.2 cm³/mol. The Balaban J connectivity index is 2.79. The molecule has 1 heteroatoms. The molecule has 0 saturated carbocycles. The van der Waals surface area contributed by atoms with E-state index < -0.39 is 0 Å². The maximum absolute atomic E-state index is 2.94. The van der Waals surface area contributed by atoms with Crippen molar-refractivity contribution in [1.29, 1.82) is 0 Å². The van der Waals surface area contributed by atoms with Gasteiger partial charge >= 0.3 is 57.7 Å². The zero-order valence-corrected chi connectivity index (χ0v) is 6.36. The molecule has 0 aromatic heterocycles. The molecule has 0 bridgehead atoms. The zero-order chi connectivity index (χ0) is 6.24. The van der Waals surface area contributed by atoms with Gasteiger partial charge < -0.3 is 0 Å². The molecule has 0 radical (unpaired) electrons. The van der Waals surface area contributed by atoms with E-state index in [1.165, 1.54) is 18.2 Å². The van der Waals surface area contributed by atoms with E-state index in [-0.39, 0.29) is 0 Å². The third kappa shape index (κ3) is 6.08. The number of unbranched alkanes of at least 4 members (excludes halogenated alkanes) is 1. The minimum absolute atomic E-state index is 1.18. The van der Waals surface area contributed by atoms with Crippen LogP contribution in [0.15, 0.2) is 0 Å². The van der Waals surface area contributed by atoms with Gasteiger partial charge in [-0.15, -0.1) is 0 Å². The van der Waals surface area contributed by atoms with Crippen LogP contribution < -0.4 is 0 Å². The average Bonchev–Trinajstić information content (AvgIpc) is 1.81. The summed E-state index contributed by atoms with van der Waals surface area (Å²) in [6, 6.07) is 0. The molecule has 0 amide bonds. The Hall–Kier alpha value is 0.0795. The maximum atomic E-state index is 2.94. The molecule has 0 N–H and O–H groups in total. The Bertz CT molecular complexity index is 86.3. The number of hydrogen-bond donors (Lipinski definition) is 0. The predicted octanol–water partition coefficient (Wildman–Crippen LogP) is 2.27.